The Labute approximate surface area is 144 Å². The predicted octanol–water partition coefficient (Wildman–Crippen LogP) is 2.73. The molecule has 1 fully saturated rings. The number of nitrogens with zero attached hydrogens (tertiary/aromatic N) is 1. The van der Waals surface area contributed by atoms with Crippen LogP contribution in [-0.2, 0) is 4.74 Å². The topological polar surface area (TPSA) is 59.0 Å². The molecule has 5 nitrogen and oxygen atoms in total. The summed E-state index contributed by atoms with van der Waals surface area (Å²) in [5.74, 6) is 0.619. The molecule has 24 heavy (non-hydrogen) atoms. The van der Waals surface area contributed by atoms with Gasteiger partial charge in [-0.2, -0.15) is 0 Å². The number of ether oxygens (including phenoxy) is 2. The molecule has 0 spiro atoms. The monoisotopic (exact) mass is 335 g/mol. The number of benzene rings is 1. The molecule has 0 radical (unpaired) electrons. The summed E-state index contributed by atoms with van der Waals surface area (Å²) in [6.45, 7) is 6.25. The van der Waals surface area contributed by atoms with Gasteiger partial charge in [0.15, 0.2) is 0 Å². The zero-order chi connectivity index (χ0) is 17.6. The lowest BCUT2D eigenvalue weighted by molar-refractivity contribution is -0.0750. The largest absolute Gasteiger partial charge is 0.493 e. The molecule has 134 valence electrons. The van der Waals surface area contributed by atoms with Crippen LogP contribution in [0, 0.1) is 5.92 Å². The van der Waals surface area contributed by atoms with Crippen molar-refractivity contribution in [3.05, 3.63) is 29.8 Å². The molecule has 1 heterocycles. The van der Waals surface area contributed by atoms with Gasteiger partial charge in [0.1, 0.15) is 5.75 Å². The van der Waals surface area contributed by atoms with Crippen LogP contribution in [0.5, 0.6) is 5.75 Å². The number of piperidine rings is 1. The van der Waals surface area contributed by atoms with E-state index in [9.17, 15) is 9.90 Å². The van der Waals surface area contributed by atoms with E-state index in [0.717, 1.165) is 6.42 Å². The molecule has 2 rings (SSSR count). The second-order valence-corrected chi connectivity index (χ2v) is 6.59. The third-order valence-electron chi connectivity index (χ3n) is 4.83. The summed E-state index contributed by atoms with van der Waals surface area (Å²) in [4.78, 5) is 14.7. The number of aliphatic hydroxyl groups is 1. The molecule has 0 saturated carbocycles. The van der Waals surface area contributed by atoms with Crippen molar-refractivity contribution in [2.45, 2.75) is 38.7 Å². The van der Waals surface area contributed by atoms with Crippen molar-refractivity contribution >= 4 is 5.91 Å². The molecule has 1 aliphatic heterocycles. The van der Waals surface area contributed by atoms with Crippen molar-refractivity contribution in [2.75, 3.05) is 33.4 Å². The summed E-state index contributed by atoms with van der Waals surface area (Å²) in [6.07, 6.45) is 2.07. The number of amides is 1. The maximum Gasteiger partial charge on any atom is 0.257 e. The number of hydrogen-bond acceptors (Lipinski definition) is 4. The fourth-order valence-corrected chi connectivity index (χ4v) is 3.15. The summed E-state index contributed by atoms with van der Waals surface area (Å²) in [5, 5.41) is 10.8. The van der Waals surface area contributed by atoms with Crippen LogP contribution in [0.4, 0.5) is 0 Å². The maximum absolute atomic E-state index is 12.9. The van der Waals surface area contributed by atoms with Crippen LogP contribution in [0.2, 0.25) is 0 Å². The Balaban J connectivity index is 2.07. The van der Waals surface area contributed by atoms with Gasteiger partial charge in [0, 0.05) is 32.7 Å². The number of methoxy groups -OCH3 is 1. The highest BCUT2D eigenvalue weighted by molar-refractivity contribution is 5.97. The maximum atomic E-state index is 12.9. The quantitative estimate of drug-likeness (QED) is 0.832. The van der Waals surface area contributed by atoms with Crippen LogP contribution >= 0.6 is 0 Å². The van der Waals surface area contributed by atoms with Crippen molar-refractivity contribution in [3.63, 3.8) is 0 Å². The Hall–Kier alpha value is -1.59. The standard InChI is InChI=1S/C19H29NO4/c1-4-12-24-17-8-6-5-7-16(17)18(21)20-11-9-19(22,10-13-23-3)15(2)14-20/h5-8,15,22H,4,9-14H2,1-3H3/t15-,19-/m0/s1. The third-order valence-corrected chi connectivity index (χ3v) is 4.83. The number of rotatable bonds is 7. The fourth-order valence-electron chi connectivity index (χ4n) is 3.15. The van der Waals surface area contributed by atoms with Crippen LogP contribution < -0.4 is 4.74 Å². The molecular weight excluding hydrogens is 306 g/mol. The van der Waals surface area contributed by atoms with Gasteiger partial charge in [0.2, 0.25) is 0 Å². The van der Waals surface area contributed by atoms with Gasteiger partial charge in [-0.1, -0.05) is 26.0 Å². The van der Waals surface area contributed by atoms with Crippen molar-refractivity contribution in [2.24, 2.45) is 5.92 Å². The molecule has 0 unspecified atom stereocenters. The van der Waals surface area contributed by atoms with E-state index in [2.05, 4.69) is 0 Å². The lowest BCUT2D eigenvalue weighted by Gasteiger charge is -2.43. The van der Waals surface area contributed by atoms with Gasteiger partial charge in [-0.05, 0) is 31.4 Å². The average molecular weight is 335 g/mol. The predicted molar refractivity (Wildman–Crippen MR) is 93.4 cm³/mol. The van der Waals surface area contributed by atoms with Crippen LogP contribution in [0.15, 0.2) is 24.3 Å². The SMILES string of the molecule is CCCOc1ccccc1C(=O)N1CC[C@](O)(CCOC)[C@@H](C)C1. The minimum atomic E-state index is -0.759. The number of likely N-dealkylation sites (tertiary alicyclic amines) is 1. The summed E-state index contributed by atoms with van der Waals surface area (Å²) in [6, 6.07) is 7.38. The summed E-state index contributed by atoms with van der Waals surface area (Å²) < 4.78 is 10.8. The van der Waals surface area contributed by atoms with Gasteiger partial charge < -0.3 is 19.5 Å². The molecular formula is C19H29NO4. The number of carbonyl (C=O) groups is 1. The van der Waals surface area contributed by atoms with E-state index in [-0.39, 0.29) is 11.8 Å². The van der Waals surface area contributed by atoms with Gasteiger partial charge >= 0.3 is 0 Å². The molecule has 1 aliphatic rings. The second kappa shape index (κ2) is 8.49. The highest BCUT2D eigenvalue weighted by atomic mass is 16.5. The highest BCUT2D eigenvalue weighted by Crippen LogP contribution is 2.32. The highest BCUT2D eigenvalue weighted by Gasteiger charge is 2.40. The molecule has 1 aromatic carbocycles. The first-order valence-corrected chi connectivity index (χ1v) is 8.74. The lowest BCUT2D eigenvalue weighted by Crippen LogP contribution is -2.52. The molecule has 1 saturated heterocycles. The number of para-hydroxylation sites is 1. The van der Waals surface area contributed by atoms with Crippen molar-refractivity contribution in [1.82, 2.24) is 4.90 Å². The molecule has 0 aromatic heterocycles. The average Bonchev–Trinajstić information content (AvgIpc) is 2.60. The molecule has 0 bridgehead atoms. The van der Waals surface area contributed by atoms with Crippen molar-refractivity contribution in [3.8, 4) is 5.75 Å². The molecule has 2 atom stereocenters. The third kappa shape index (κ3) is 4.28. The first kappa shape index (κ1) is 18.7. The van der Waals surface area contributed by atoms with Gasteiger partial charge in [-0.25, -0.2) is 0 Å². The van der Waals surface area contributed by atoms with Gasteiger partial charge in [-0.15, -0.1) is 0 Å². The minimum absolute atomic E-state index is 0.00840. The molecule has 0 aliphatic carbocycles. The fraction of sp³-hybridized carbons (Fsp3) is 0.632. The molecule has 1 aromatic rings. The molecule has 1 N–H and O–H groups in total. The zero-order valence-electron chi connectivity index (χ0n) is 15.0. The van der Waals surface area contributed by atoms with Gasteiger partial charge in [-0.3, -0.25) is 4.79 Å². The van der Waals surface area contributed by atoms with Crippen LogP contribution in [0.1, 0.15) is 43.5 Å². The van der Waals surface area contributed by atoms with Crippen molar-refractivity contribution in [1.29, 1.82) is 0 Å². The molecule has 1 amide bonds. The lowest BCUT2D eigenvalue weighted by atomic mass is 9.79. The van der Waals surface area contributed by atoms with Gasteiger partial charge in [0.25, 0.3) is 5.91 Å². The number of carbonyl (C=O) groups excluding carboxylic acids is 1. The van der Waals surface area contributed by atoms with E-state index in [1.165, 1.54) is 0 Å². The van der Waals surface area contributed by atoms with E-state index in [1.54, 1.807) is 7.11 Å². The van der Waals surface area contributed by atoms with E-state index >= 15 is 0 Å². The summed E-state index contributed by atoms with van der Waals surface area (Å²) in [5.41, 5.74) is -0.161. The number of hydrogen-bond donors (Lipinski definition) is 1. The Morgan fingerprint density at radius 2 is 2.12 bits per heavy atom. The van der Waals surface area contributed by atoms with Crippen LogP contribution in [-0.4, -0.2) is 54.9 Å². The summed E-state index contributed by atoms with van der Waals surface area (Å²) in [7, 11) is 1.64. The Morgan fingerprint density at radius 1 is 1.38 bits per heavy atom. The van der Waals surface area contributed by atoms with E-state index in [0.29, 0.717) is 50.5 Å². The normalized spacial score (nSPS) is 24.0. The van der Waals surface area contributed by atoms with E-state index in [1.807, 2.05) is 43.0 Å². The minimum Gasteiger partial charge on any atom is -0.493 e. The van der Waals surface area contributed by atoms with E-state index in [4.69, 9.17) is 9.47 Å². The smallest absolute Gasteiger partial charge is 0.257 e. The Bertz CT molecular complexity index is 548. The first-order valence-electron chi connectivity index (χ1n) is 8.74. The summed E-state index contributed by atoms with van der Waals surface area (Å²) >= 11 is 0. The van der Waals surface area contributed by atoms with Crippen molar-refractivity contribution < 1.29 is 19.4 Å². The van der Waals surface area contributed by atoms with Crippen LogP contribution in [0.25, 0.3) is 0 Å². The second-order valence-electron chi connectivity index (χ2n) is 6.59. The first-order chi connectivity index (χ1) is 11.5. The van der Waals surface area contributed by atoms with Crippen LogP contribution in [0.3, 0.4) is 0 Å². The zero-order valence-corrected chi connectivity index (χ0v) is 15.0. The molecule has 5 heteroatoms. The van der Waals surface area contributed by atoms with E-state index < -0.39 is 5.60 Å². The van der Waals surface area contributed by atoms with Gasteiger partial charge in [0.05, 0.1) is 17.8 Å². The Kier molecular flexibility index (Phi) is 6.63. The Morgan fingerprint density at radius 3 is 2.79 bits per heavy atom.